The van der Waals surface area contributed by atoms with Gasteiger partial charge in [0.2, 0.25) is 11.8 Å². The molecule has 0 aromatic carbocycles. The number of hydrogen-bond donors (Lipinski definition) is 1. The second-order valence-corrected chi connectivity index (χ2v) is 14.2. The molecule has 276 valence electrons. The first-order chi connectivity index (χ1) is 23.1. The molecule has 50 heavy (non-hydrogen) atoms. The smallest absolute Gasteiger partial charge is 0.424 e. The molecule has 2 atom stereocenters. The van der Waals surface area contributed by atoms with Crippen LogP contribution in [-0.4, -0.2) is 86.8 Å². The predicted molar refractivity (Wildman–Crippen MR) is 177 cm³/mol. The highest BCUT2D eigenvalue weighted by molar-refractivity contribution is 6.12. The van der Waals surface area contributed by atoms with Gasteiger partial charge >= 0.3 is 23.6 Å². The van der Waals surface area contributed by atoms with E-state index >= 15 is 0 Å². The van der Waals surface area contributed by atoms with Gasteiger partial charge in [0, 0.05) is 43.2 Å². The molecule has 2 saturated heterocycles. The van der Waals surface area contributed by atoms with Gasteiger partial charge in [-0.25, -0.2) is 19.2 Å². The van der Waals surface area contributed by atoms with Gasteiger partial charge in [0.25, 0.3) is 11.8 Å². The fourth-order valence-corrected chi connectivity index (χ4v) is 5.70. The first kappa shape index (κ1) is 39.6. The number of ether oxygens (including phenoxy) is 2. The minimum atomic E-state index is -1.03. The molecule has 1 N–H and O–H groups in total. The first-order valence-corrected chi connectivity index (χ1v) is 16.5. The third-order valence-electron chi connectivity index (χ3n) is 7.70. The van der Waals surface area contributed by atoms with Crippen molar-refractivity contribution in [3.63, 3.8) is 0 Å². The molecule has 6 amide bonds. The Kier molecular flexibility index (Phi) is 12.2. The SMILES string of the molecule is CCCn1cc(C)n(C2CCC(=O)N(C(=O)OC(C)(C)C)C2=O)c1=O.Cc1cn(CCO)c(=O)n1C1CCC(=O)N(C(=O)OC(C)(C)C)C1=O. The second kappa shape index (κ2) is 15.4. The van der Waals surface area contributed by atoms with E-state index in [-0.39, 0.29) is 44.5 Å². The van der Waals surface area contributed by atoms with E-state index in [0.29, 0.717) is 27.7 Å². The standard InChI is InChI=1S/C17H25N3O5.C16H23N3O6/c1-6-9-18-10-11(2)19(15(18)23)12-7-8-13(21)20(14(12)22)16(24)25-17(3,4)5;1-10-9-17(7-8-20)14(23)18(10)11-5-6-12(21)19(13(11)22)15(24)25-16(2,3)4/h10,12H,6-9H2,1-5H3;9,11,20H,5-8H2,1-4H3. The molecular formula is C33H48N6O11. The molecule has 2 aromatic heterocycles. The molecule has 4 rings (SSSR count). The number of likely N-dealkylation sites (tertiary alicyclic amines) is 2. The molecular weight excluding hydrogens is 656 g/mol. The van der Waals surface area contributed by atoms with E-state index in [9.17, 15) is 38.4 Å². The number of hydrogen-bond acceptors (Lipinski definition) is 11. The summed E-state index contributed by atoms with van der Waals surface area (Å²) < 4.78 is 15.7. The zero-order valence-corrected chi connectivity index (χ0v) is 30.2. The Labute approximate surface area is 289 Å². The summed E-state index contributed by atoms with van der Waals surface area (Å²) in [4.78, 5) is 100. The number of imide groups is 6. The highest BCUT2D eigenvalue weighted by Gasteiger charge is 2.44. The lowest BCUT2D eigenvalue weighted by Gasteiger charge is -2.31. The lowest BCUT2D eigenvalue weighted by Crippen LogP contribution is -2.52. The average molecular weight is 705 g/mol. The maximum absolute atomic E-state index is 12.8. The van der Waals surface area contributed by atoms with E-state index in [4.69, 9.17) is 14.6 Å². The summed E-state index contributed by atoms with van der Waals surface area (Å²) in [5.74, 6) is -2.74. The summed E-state index contributed by atoms with van der Waals surface area (Å²) in [6, 6.07) is -1.84. The second-order valence-electron chi connectivity index (χ2n) is 14.2. The molecule has 2 aliphatic rings. The fraction of sp³-hybridized carbons (Fsp3) is 0.636. The van der Waals surface area contributed by atoms with E-state index in [2.05, 4.69) is 0 Å². The monoisotopic (exact) mass is 704 g/mol. The Hall–Kier alpha value is -4.80. The van der Waals surface area contributed by atoms with Crippen LogP contribution in [0.15, 0.2) is 22.0 Å². The largest absolute Gasteiger partial charge is 0.443 e. The molecule has 2 aromatic rings. The summed E-state index contributed by atoms with van der Waals surface area (Å²) in [6.07, 6.45) is 2.23. The van der Waals surface area contributed by atoms with Crippen molar-refractivity contribution in [2.45, 2.75) is 131 Å². The van der Waals surface area contributed by atoms with Gasteiger partial charge in [-0.3, -0.25) is 37.4 Å². The Morgan fingerprint density at radius 2 is 1.06 bits per heavy atom. The average Bonchev–Trinajstić information content (AvgIpc) is 3.40. The topological polar surface area (TPSA) is 201 Å². The van der Waals surface area contributed by atoms with Crippen LogP contribution in [0.2, 0.25) is 0 Å². The summed E-state index contributed by atoms with van der Waals surface area (Å²) in [6.45, 7) is 15.6. The van der Waals surface area contributed by atoms with Crippen LogP contribution in [0.3, 0.4) is 0 Å². The number of carbonyl (C=O) groups is 6. The number of aryl methyl sites for hydroxylation is 3. The van der Waals surface area contributed by atoms with Crippen molar-refractivity contribution >= 4 is 35.8 Å². The van der Waals surface area contributed by atoms with E-state index in [1.165, 1.54) is 24.5 Å². The molecule has 0 radical (unpaired) electrons. The number of rotatable bonds is 6. The van der Waals surface area contributed by atoms with Crippen LogP contribution < -0.4 is 11.4 Å². The van der Waals surface area contributed by atoms with Crippen molar-refractivity contribution in [1.29, 1.82) is 0 Å². The predicted octanol–water partition coefficient (Wildman–Crippen LogP) is 2.57. The van der Waals surface area contributed by atoms with Crippen molar-refractivity contribution in [3.05, 3.63) is 44.8 Å². The van der Waals surface area contributed by atoms with Gasteiger partial charge in [-0.1, -0.05) is 6.92 Å². The zero-order chi connectivity index (χ0) is 37.9. The minimum absolute atomic E-state index is 0.000483. The molecule has 4 heterocycles. The van der Waals surface area contributed by atoms with Crippen LogP contribution in [0, 0.1) is 13.8 Å². The lowest BCUT2D eigenvalue weighted by molar-refractivity contribution is -0.151. The van der Waals surface area contributed by atoms with Gasteiger partial charge in [0.15, 0.2) is 0 Å². The van der Waals surface area contributed by atoms with Gasteiger partial charge in [0.05, 0.1) is 13.2 Å². The van der Waals surface area contributed by atoms with E-state index in [0.717, 1.165) is 6.42 Å². The van der Waals surface area contributed by atoms with Crippen molar-refractivity contribution in [1.82, 2.24) is 28.1 Å². The van der Waals surface area contributed by atoms with Crippen LogP contribution in [-0.2, 0) is 41.7 Å². The highest BCUT2D eigenvalue weighted by atomic mass is 16.6. The van der Waals surface area contributed by atoms with Crippen molar-refractivity contribution in [2.75, 3.05) is 6.61 Å². The lowest BCUT2D eigenvalue weighted by atomic mass is 10.0. The normalized spacial score (nSPS) is 18.6. The molecule has 2 unspecified atom stereocenters. The number of carbonyl (C=O) groups excluding carboxylic acids is 6. The van der Waals surface area contributed by atoms with Gasteiger partial charge in [-0.05, 0) is 74.7 Å². The molecule has 0 saturated carbocycles. The van der Waals surface area contributed by atoms with Crippen LogP contribution in [0.4, 0.5) is 9.59 Å². The Morgan fingerprint density at radius 1 is 0.700 bits per heavy atom. The van der Waals surface area contributed by atoms with Crippen LogP contribution in [0.1, 0.15) is 104 Å². The number of amides is 6. The number of aliphatic hydroxyl groups excluding tert-OH is 1. The van der Waals surface area contributed by atoms with Crippen molar-refractivity contribution in [2.24, 2.45) is 0 Å². The molecule has 0 spiro atoms. The number of aliphatic hydroxyl groups is 1. The summed E-state index contributed by atoms with van der Waals surface area (Å²) in [5, 5.41) is 9.01. The molecule has 0 bridgehead atoms. The van der Waals surface area contributed by atoms with Crippen molar-refractivity contribution < 1.29 is 43.3 Å². The van der Waals surface area contributed by atoms with E-state index < -0.39 is 64.8 Å². The summed E-state index contributed by atoms with van der Waals surface area (Å²) in [7, 11) is 0. The first-order valence-electron chi connectivity index (χ1n) is 16.5. The number of aromatic nitrogens is 4. The number of piperidine rings is 2. The van der Waals surface area contributed by atoms with E-state index in [1.807, 2.05) is 6.92 Å². The Balaban J connectivity index is 0.000000270. The summed E-state index contributed by atoms with van der Waals surface area (Å²) in [5.41, 5.74) is -1.34. The van der Waals surface area contributed by atoms with Gasteiger partial charge in [-0.15, -0.1) is 0 Å². The zero-order valence-electron chi connectivity index (χ0n) is 30.2. The maximum Gasteiger partial charge on any atom is 0.424 e. The maximum atomic E-state index is 12.8. The number of imidazole rings is 2. The quantitative estimate of drug-likeness (QED) is 0.433. The molecule has 0 aliphatic carbocycles. The van der Waals surface area contributed by atoms with Crippen molar-refractivity contribution in [3.8, 4) is 0 Å². The molecule has 2 fully saturated rings. The summed E-state index contributed by atoms with van der Waals surface area (Å²) >= 11 is 0. The van der Waals surface area contributed by atoms with E-state index in [1.54, 1.807) is 61.6 Å². The Morgan fingerprint density at radius 3 is 1.38 bits per heavy atom. The van der Waals surface area contributed by atoms with Crippen LogP contribution in [0.25, 0.3) is 0 Å². The van der Waals surface area contributed by atoms with Crippen LogP contribution >= 0.6 is 0 Å². The van der Waals surface area contributed by atoms with Gasteiger partial charge in [0.1, 0.15) is 23.3 Å². The third-order valence-corrected chi connectivity index (χ3v) is 7.70. The number of nitrogens with zero attached hydrogens (tertiary/aromatic N) is 6. The minimum Gasteiger partial charge on any atom is -0.443 e. The third kappa shape index (κ3) is 8.86. The highest BCUT2D eigenvalue weighted by Crippen LogP contribution is 2.27. The molecule has 2 aliphatic heterocycles. The van der Waals surface area contributed by atoms with Gasteiger partial charge in [-0.2, -0.15) is 9.80 Å². The Bertz CT molecular complexity index is 1640. The van der Waals surface area contributed by atoms with Crippen LogP contribution in [0.5, 0.6) is 0 Å². The van der Waals surface area contributed by atoms with Gasteiger partial charge < -0.3 is 14.6 Å². The fourth-order valence-electron chi connectivity index (χ4n) is 5.70. The molecule has 17 heteroatoms. The molecule has 17 nitrogen and oxygen atoms in total.